The Bertz CT molecular complexity index is 921. The maximum Gasteiger partial charge on any atom is 0.239 e. The number of amidine groups is 1. The van der Waals surface area contributed by atoms with Gasteiger partial charge in [-0.05, 0) is 59.7 Å². The van der Waals surface area contributed by atoms with E-state index in [4.69, 9.17) is 4.74 Å². The summed E-state index contributed by atoms with van der Waals surface area (Å²) in [7, 11) is 0. The highest BCUT2D eigenvalue weighted by molar-refractivity contribution is 8.15. The zero-order valence-electron chi connectivity index (χ0n) is 19.2. The fraction of sp³-hybridized carbons (Fsp3) is 0.423. The van der Waals surface area contributed by atoms with Gasteiger partial charge in [0.2, 0.25) is 5.91 Å². The average molecular weight is 452 g/mol. The van der Waals surface area contributed by atoms with Crippen LogP contribution < -0.4 is 10.1 Å². The van der Waals surface area contributed by atoms with E-state index in [1.165, 1.54) is 36.6 Å². The Morgan fingerprint density at radius 3 is 2.50 bits per heavy atom. The fourth-order valence-electron chi connectivity index (χ4n) is 3.36. The van der Waals surface area contributed by atoms with Crippen molar-refractivity contribution in [2.75, 3.05) is 6.61 Å². The monoisotopic (exact) mass is 451 g/mol. The van der Waals surface area contributed by atoms with Gasteiger partial charge in [-0.2, -0.15) is 5.10 Å². The number of thioether (sulfide) groups is 1. The summed E-state index contributed by atoms with van der Waals surface area (Å²) in [6.07, 6.45) is 7.14. The molecule has 6 heteroatoms. The molecular formula is C26H33N3O2S. The summed E-state index contributed by atoms with van der Waals surface area (Å²) in [5.74, 6) is 1.36. The number of nitrogens with one attached hydrogen (secondary N) is 1. The van der Waals surface area contributed by atoms with Crippen molar-refractivity contribution in [3.63, 3.8) is 0 Å². The minimum atomic E-state index is -0.178. The van der Waals surface area contributed by atoms with Gasteiger partial charge in [-0.15, -0.1) is 5.10 Å². The van der Waals surface area contributed by atoms with E-state index in [0.29, 0.717) is 17.5 Å². The lowest BCUT2D eigenvalue weighted by atomic mass is 10.0. The molecule has 1 N–H and O–H groups in total. The number of rotatable bonds is 11. The Kier molecular flexibility index (Phi) is 9.35. The Labute approximate surface area is 195 Å². The van der Waals surface area contributed by atoms with Gasteiger partial charge in [-0.1, -0.05) is 76.1 Å². The van der Waals surface area contributed by atoms with Crippen molar-refractivity contribution in [2.24, 2.45) is 10.2 Å². The van der Waals surface area contributed by atoms with Crippen LogP contribution in [0.15, 0.2) is 58.7 Å². The molecule has 1 amide bonds. The smallest absolute Gasteiger partial charge is 0.239 e. The van der Waals surface area contributed by atoms with Gasteiger partial charge in [-0.25, -0.2) is 0 Å². The van der Waals surface area contributed by atoms with E-state index in [9.17, 15) is 4.79 Å². The molecular weight excluding hydrogens is 418 g/mol. The molecule has 2 aromatic rings. The summed E-state index contributed by atoms with van der Waals surface area (Å²) in [5.41, 5.74) is 3.39. The molecule has 0 aromatic heterocycles. The molecule has 1 atom stereocenters. The highest BCUT2D eigenvalue weighted by Gasteiger charge is 2.30. The van der Waals surface area contributed by atoms with Gasteiger partial charge in [0, 0.05) is 0 Å². The largest absolute Gasteiger partial charge is 0.494 e. The van der Waals surface area contributed by atoms with E-state index >= 15 is 0 Å². The van der Waals surface area contributed by atoms with Crippen molar-refractivity contribution < 1.29 is 9.53 Å². The molecule has 1 aliphatic rings. The quantitative estimate of drug-likeness (QED) is 0.261. The van der Waals surface area contributed by atoms with Crippen molar-refractivity contribution in [3.05, 3.63) is 65.2 Å². The Balaban J connectivity index is 1.47. The summed E-state index contributed by atoms with van der Waals surface area (Å²) < 4.78 is 5.76. The molecule has 3 rings (SSSR count). The molecule has 0 radical (unpaired) electrons. The van der Waals surface area contributed by atoms with Crippen molar-refractivity contribution in [1.29, 1.82) is 0 Å². The van der Waals surface area contributed by atoms with E-state index in [0.717, 1.165) is 29.9 Å². The average Bonchev–Trinajstić information content (AvgIpc) is 3.14. The number of unbranched alkanes of at least 4 members (excludes halogenated alkanes) is 3. The molecule has 0 saturated carbocycles. The number of benzene rings is 2. The number of ether oxygens (including phenoxy) is 1. The molecule has 1 heterocycles. The molecule has 0 spiro atoms. The molecule has 1 fully saturated rings. The van der Waals surface area contributed by atoms with Gasteiger partial charge in [0.05, 0.1) is 18.1 Å². The van der Waals surface area contributed by atoms with Crippen molar-refractivity contribution >= 4 is 29.1 Å². The van der Waals surface area contributed by atoms with Crippen molar-refractivity contribution in [1.82, 2.24) is 5.32 Å². The van der Waals surface area contributed by atoms with Crippen LogP contribution in [0.5, 0.6) is 5.75 Å². The maximum atomic E-state index is 12.3. The van der Waals surface area contributed by atoms with Gasteiger partial charge in [0.25, 0.3) is 0 Å². The predicted octanol–water partition coefficient (Wildman–Crippen LogP) is 5.93. The van der Waals surface area contributed by atoms with E-state index < -0.39 is 0 Å². The van der Waals surface area contributed by atoms with E-state index in [2.05, 4.69) is 60.6 Å². The molecule has 32 heavy (non-hydrogen) atoms. The lowest BCUT2D eigenvalue weighted by Gasteiger charge is -2.08. The third kappa shape index (κ3) is 7.52. The van der Waals surface area contributed by atoms with E-state index in [-0.39, 0.29) is 11.2 Å². The minimum absolute atomic E-state index is 0.0164. The van der Waals surface area contributed by atoms with Gasteiger partial charge in [0.15, 0.2) is 5.17 Å². The van der Waals surface area contributed by atoms with Gasteiger partial charge < -0.3 is 10.1 Å². The first-order valence-corrected chi connectivity index (χ1v) is 12.3. The number of hydrogen-bond donors (Lipinski definition) is 1. The first kappa shape index (κ1) is 24.1. The molecule has 1 saturated heterocycles. The van der Waals surface area contributed by atoms with Crippen LogP contribution in [0.4, 0.5) is 0 Å². The number of amides is 1. The summed E-state index contributed by atoms with van der Waals surface area (Å²) in [6, 6.07) is 16.3. The van der Waals surface area contributed by atoms with Crippen LogP contribution in [0.25, 0.3) is 0 Å². The molecule has 170 valence electrons. The number of carbonyl (C=O) groups excluding carboxylic acids is 1. The SMILES string of the molecule is CCCCCCOc1ccc(/C=N/N=C2\NC(=O)C(Cc3ccc(C(C)C)cc3)S2)cc1. The van der Waals surface area contributed by atoms with Crippen LogP contribution in [0.1, 0.15) is 69.1 Å². The zero-order valence-corrected chi connectivity index (χ0v) is 20.0. The summed E-state index contributed by atoms with van der Waals surface area (Å²) in [4.78, 5) is 12.3. The summed E-state index contributed by atoms with van der Waals surface area (Å²) >= 11 is 1.43. The Morgan fingerprint density at radius 1 is 1.06 bits per heavy atom. The predicted molar refractivity (Wildman–Crippen MR) is 135 cm³/mol. The second-order valence-electron chi connectivity index (χ2n) is 8.32. The number of hydrogen-bond acceptors (Lipinski definition) is 5. The van der Waals surface area contributed by atoms with Crippen LogP contribution >= 0.6 is 11.8 Å². The molecule has 0 bridgehead atoms. The van der Waals surface area contributed by atoms with Crippen molar-refractivity contribution in [3.8, 4) is 5.75 Å². The van der Waals surface area contributed by atoms with Crippen LogP contribution in [-0.4, -0.2) is 29.1 Å². The topological polar surface area (TPSA) is 63.1 Å². The minimum Gasteiger partial charge on any atom is -0.494 e. The molecule has 5 nitrogen and oxygen atoms in total. The lowest BCUT2D eigenvalue weighted by Crippen LogP contribution is -2.25. The third-order valence-electron chi connectivity index (χ3n) is 5.35. The summed E-state index contributed by atoms with van der Waals surface area (Å²) in [6.45, 7) is 7.31. The maximum absolute atomic E-state index is 12.3. The van der Waals surface area contributed by atoms with Crippen LogP contribution in [0, 0.1) is 0 Å². The molecule has 1 unspecified atom stereocenters. The lowest BCUT2D eigenvalue weighted by molar-refractivity contribution is -0.118. The van der Waals surface area contributed by atoms with E-state index in [1.807, 2.05) is 24.3 Å². The highest BCUT2D eigenvalue weighted by atomic mass is 32.2. The van der Waals surface area contributed by atoms with Gasteiger partial charge in [-0.3, -0.25) is 4.79 Å². The summed E-state index contributed by atoms with van der Waals surface area (Å²) in [5, 5.41) is 11.5. The molecule has 2 aromatic carbocycles. The van der Waals surface area contributed by atoms with Crippen LogP contribution in [-0.2, 0) is 11.2 Å². The normalized spacial score (nSPS) is 17.4. The van der Waals surface area contributed by atoms with Crippen molar-refractivity contribution in [2.45, 2.75) is 64.0 Å². The zero-order chi connectivity index (χ0) is 22.8. The standard InChI is InChI=1S/C26H33N3O2S/c1-4-5-6-7-16-31-23-14-10-21(11-15-23)18-27-29-26-28-25(30)24(32-26)17-20-8-12-22(13-9-20)19(2)3/h8-15,18-19,24H,4-7,16-17H2,1-3H3,(H,28,29,30)/b27-18+. The molecule has 0 aliphatic carbocycles. The van der Waals surface area contributed by atoms with Crippen LogP contribution in [0.2, 0.25) is 0 Å². The van der Waals surface area contributed by atoms with E-state index in [1.54, 1.807) is 6.21 Å². The first-order chi connectivity index (χ1) is 15.5. The molecule has 1 aliphatic heterocycles. The Hall–Kier alpha value is -2.60. The number of carbonyl (C=O) groups is 1. The van der Waals surface area contributed by atoms with Gasteiger partial charge in [0.1, 0.15) is 5.75 Å². The second-order valence-corrected chi connectivity index (χ2v) is 9.52. The number of nitrogens with zero attached hydrogens (tertiary/aromatic N) is 2. The third-order valence-corrected chi connectivity index (χ3v) is 6.42. The van der Waals surface area contributed by atoms with Gasteiger partial charge >= 0.3 is 0 Å². The van der Waals surface area contributed by atoms with Crippen LogP contribution in [0.3, 0.4) is 0 Å². The second kappa shape index (κ2) is 12.4. The Morgan fingerprint density at radius 2 is 1.81 bits per heavy atom. The first-order valence-electron chi connectivity index (χ1n) is 11.5. The highest BCUT2D eigenvalue weighted by Crippen LogP contribution is 2.24. The fourth-order valence-corrected chi connectivity index (χ4v) is 4.32.